The van der Waals surface area contributed by atoms with Gasteiger partial charge in [-0.25, -0.2) is 4.79 Å². The summed E-state index contributed by atoms with van der Waals surface area (Å²) in [6.45, 7) is 0. The van der Waals surface area contributed by atoms with Gasteiger partial charge in [0.1, 0.15) is 12.2 Å². The maximum atomic E-state index is 11.8. The van der Waals surface area contributed by atoms with E-state index in [0.717, 1.165) is 12.8 Å². The number of esters is 1. The van der Waals surface area contributed by atoms with Crippen LogP contribution in [0.15, 0.2) is 30.3 Å². The number of Topliss-reactive ketones (excluding diaryl/α,β-unsaturated/α-hetero) is 1. The fraction of sp³-hybridized carbons (Fsp3) is 0.385. The summed E-state index contributed by atoms with van der Waals surface area (Å²) in [7, 11) is 0. The molecule has 0 spiro atoms. The van der Waals surface area contributed by atoms with Gasteiger partial charge in [0, 0.05) is 0 Å². The first-order valence-corrected chi connectivity index (χ1v) is 5.71. The van der Waals surface area contributed by atoms with Crippen LogP contribution < -0.4 is 0 Å². The third kappa shape index (κ3) is 1.74. The highest BCUT2D eigenvalue weighted by Crippen LogP contribution is 2.33. The smallest absolute Gasteiger partial charge is 0.338 e. The molecule has 0 aromatic heterocycles. The molecule has 1 aromatic carbocycles. The van der Waals surface area contributed by atoms with E-state index in [-0.39, 0.29) is 18.0 Å². The maximum Gasteiger partial charge on any atom is 0.338 e. The Morgan fingerprint density at radius 1 is 1.24 bits per heavy atom. The number of benzene rings is 1. The van der Waals surface area contributed by atoms with Crippen LogP contribution in [-0.2, 0) is 14.3 Å². The summed E-state index contributed by atoms with van der Waals surface area (Å²) in [6.07, 6.45) is 0.252. The van der Waals surface area contributed by atoms with Gasteiger partial charge in [-0.05, 0) is 25.0 Å². The Morgan fingerprint density at radius 3 is 2.65 bits per heavy atom. The van der Waals surface area contributed by atoms with Crippen molar-refractivity contribution in [1.82, 2.24) is 0 Å². The van der Waals surface area contributed by atoms with E-state index in [0.29, 0.717) is 5.56 Å². The number of ether oxygens (including phenoxy) is 2. The Balaban J connectivity index is 1.72. The molecule has 0 radical (unpaired) electrons. The summed E-state index contributed by atoms with van der Waals surface area (Å²) in [5.74, 6) is -0.550. The van der Waals surface area contributed by atoms with Crippen LogP contribution in [0.2, 0.25) is 0 Å². The van der Waals surface area contributed by atoms with Crippen LogP contribution in [0.5, 0.6) is 0 Å². The standard InChI is InChI=1S/C13H12O4/c14-11-9-6-7-10(16-9)12(11)17-13(15)8-4-2-1-3-5-8/h1-5,9-10,12H,6-7H2/t9-,10+,12+/m1/s1. The van der Waals surface area contributed by atoms with Crippen molar-refractivity contribution in [3.63, 3.8) is 0 Å². The third-order valence-corrected chi connectivity index (χ3v) is 3.23. The van der Waals surface area contributed by atoms with E-state index in [4.69, 9.17) is 9.47 Å². The van der Waals surface area contributed by atoms with Gasteiger partial charge >= 0.3 is 5.97 Å². The Kier molecular flexibility index (Phi) is 2.44. The lowest BCUT2D eigenvalue weighted by molar-refractivity contribution is -0.128. The number of hydrogen-bond acceptors (Lipinski definition) is 4. The first-order chi connectivity index (χ1) is 8.25. The van der Waals surface area contributed by atoms with Gasteiger partial charge in [-0.1, -0.05) is 18.2 Å². The van der Waals surface area contributed by atoms with Gasteiger partial charge in [-0.3, -0.25) is 4.79 Å². The van der Waals surface area contributed by atoms with Crippen molar-refractivity contribution in [3.05, 3.63) is 35.9 Å². The molecule has 88 valence electrons. The molecule has 2 bridgehead atoms. The van der Waals surface area contributed by atoms with Gasteiger partial charge in [-0.15, -0.1) is 0 Å². The normalized spacial score (nSPS) is 30.6. The molecule has 2 aliphatic heterocycles. The number of fused-ring (bicyclic) bond motifs is 2. The lowest BCUT2D eigenvalue weighted by atomic mass is 9.96. The highest BCUT2D eigenvalue weighted by atomic mass is 16.6. The molecule has 4 nitrogen and oxygen atoms in total. The zero-order chi connectivity index (χ0) is 11.8. The molecule has 0 unspecified atom stereocenters. The molecule has 0 saturated carbocycles. The van der Waals surface area contributed by atoms with Gasteiger partial charge in [0.25, 0.3) is 0 Å². The lowest BCUT2D eigenvalue weighted by Crippen LogP contribution is -2.36. The van der Waals surface area contributed by atoms with E-state index in [2.05, 4.69) is 0 Å². The molecular weight excluding hydrogens is 220 g/mol. The third-order valence-electron chi connectivity index (χ3n) is 3.23. The van der Waals surface area contributed by atoms with Crippen molar-refractivity contribution < 1.29 is 19.1 Å². The van der Waals surface area contributed by atoms with Crippen LogP contribution >= 0.6 is 0 Å². The van der Waals surface area contributed by atoms with Gasteiger partial charge in [0.05, 0.1) is 5.56 Å². The van der Waals surface area contributed by atoms with Crippen molar-refractivity contribution in [1.29, 1.82) is 0 Å². The van der Waals surface area contributed by atoms with Crippen molar-refractivity contribution in [2.24, 2.45) is 0 Å². The van der Waals surface area contributed by atoms with Gasteiger partial charge in [0.15, 0.2) is 6.10 Å². The molecule has 3 atom stereocenters. The topological polar surface area (TPSA) is 52.6 Å². The van der Waals surface area contributed by atoms with Crippen LogP contribution in [0.1, 0.15) is 23.2 Å². The summed E-state index contributed by atoms with van der Waals surface area (Å²) >= 11 is 0. The second kappa shape index (κ2) is 3.96. The molecule has 2 heterocycles. The molecule has 0 amide bonds. The second-order valence-electron chi connectivity index (χ2n) is 4.33. The van der Waals surface area contributed by atoms with Crippen LogP contribution in [0.4, 0.5) is 0 Å². The lowest BCUT2D eigenvalue weighted by Gasteiger charge is -2.17. The zero-order valence-electron chi connectivity index (χ0n) is 9.17. The number of carbonyl (C=O) groups is 2. The monoisotopic (exact) mass is 232 g/mol. The SMILES string of the molecule is O=C(O[C@@H]1C(=O)[C@H]2CC[C@@H]1O2)c1ccccc1. The first kappa shape index (κ1) is 10.5. The average Bonchev–Trinajstić information content (AvgIpc) is 2.94. The van der Waals surface area contributed by atoms with Crippen molar-refractivity contribution in [2.75, 3.05) is 0 Å². The fourth-order valence-electron chi connectivity index (χ4n) is 2.35. The van der Waals surface area contributed by atoms with Gasteiger partial charge in [0.2, 0.25) is 5.78 Å². The van der Waals surface area contributed by atoms with Gasteiger partial charge in [-0.2, -0.15) is 0 Å². The quantitative estimate of drug-likeness (QED) is 0.722. The first-order valence-electron chi connectivity index (χ1n) is 5.71. The van der Waals surface area contributed by atoms with Crippen molar-refractivity contribution in [2.45, 2.75) is 31.2 Å². The van der Waals surface area contributed by atoms with Crippen LogP contribution in [0.25, 0.3) is 0 Å². The maximum absolute atomic E-state index is 11.8. The number of hydrogen-bond donors (Lipinski definition) is 0. The summed E-state index contributed by atoms with van der Waals surface area (Å²) in [4.78, 5) is 23.5. The van der Waals surface area contributed by atoms with E-state index in [1.54, 1.807) is 24.3 Å². The fourth-order valence-corrected chi connectivity index (χ4v) is 2.35. The van der Waals surface area contributed by atoms with E-state index < -0.39 is 12.1 Å². The minimum absolute atomic E-state index is 0.0921. The van der Waals surface area contributed by atoms with E-state index in [1.807, 2.05) is 6.07 Å². The number of carbonyl (C=O) groups excluding carboxylic acids is 2. The molecule has 2 aliphatic rings. The minimum Gasteiger partial charge on any atom is -0.448 e. The molecule has 17 heavy (non-hydrogen) atoms. The largest absolute Gasteiger partial charge is 0.448 e. The molecule has 2 saturated heterocycles. The summed E-state index contributed by atoms with van der Waals surface area (Å²) in [5, 5.41) is 0. The Bertz CT molecular complexity index is 454. The molecule has 2 fully saturated rings. The predicted octanol–water partition coefficient (Wildman–Crippen LogP) is 1.34. The summed E-state index contributed by atoms with van der Waals surface area (Å²) in [6, 6.07) is 8.68. The van der Waals surface area contributed by atoms with Gasteiger partial charge < -0.3 is 9.47 Å². The summed E-state index contributed by atoms with van der Waals surface area (Å²) in [5.41, 5.74) is 0.461. The predicted molar refractivity (Wildman–Crippen MR) is 58.5 cm³/mol. The average molecular weight is 232 g/mol. The van der Waals surface area contributed by atoms with Crippen LogP contribution in [-0.4, -0.2) is 30.1 Å². The van der Waals surface area contributed by atoms with Crippen molar-refractivity contribution in [3.8, 4) is 0 Å². The summed E-state index contributed by atoms with van der Waals surface area (Å²) < 4.78 is 10.6. The zero-order valence-corrected chi connectivity index (χ0v) is 9.17. The molecule has 4 heteroatoms. The second-order valence-corrected chi connectivity index (χ2v) is 4.33. The molecule has 0 aliphatic carbocycles. The van der Waals surface area contributed by atoms with Crippen molar-refractivity contribution >= 4 is 11.8 Å². The number of ketones is 1. The minimum atomic E-state index is -0.707. The van der Waals surface area contributed by atoms with E-state index in [1.165, 1.54) is 0 Å². The highest BCUT2D eigenvalue weighted by molar-refractivity contribution is 5.95. The molecule has 3 rings (SSSR count). The van der Waals surface area contributed by atoms with E-state index >= 15 is 0 Å². The highest BCUT2D eigenvalue weighted by Gasteiger charge is 2.50. The Hall–Kier alpha value is -1.68. The molecule has 0 N–H and O–H groups in total. The van der Waals surface area contributed by atoms with Crippen LogP contribution in [0.3, 0.4) is 0 Å². The van der Waals surface area contributed by atoms with E-state index in [9.17, 15) is 9.59 Å². The molecular formula is C13H12O4. The Morgan fingerprint density at radius 2 is 2.00 bits per heavy atom. The Labute approximate surface area is 98.5 Å². The van der Waals surface area contributed by atoms with Crippen LogP contribution in [0, 0.1) is 0 Å². The number of rotatable bonds is 2. The molecule has 1 aromatic rings.